The third kappa shape index (κ3) is 14.9. The lowest BCUT2D eigenvalue weighted by Gasteiger charge is -2.13. The van der Waals surface area contributed by atoms with Crippen LogP contribution >= 0.6 is 11.3 Å². The molecule has 91 heavy (non-hydrogen) atoms. The fourth-order valence-corrected chi connectivity index (χ4v) is 8.72. The highest BCUT2D eigenvalue weighted by Crippen LogP contribution is 2.37. The molecule has 0 radical (unpaired) electrons. The number of carboxylic acids is 2. The standard InChI is InChI=1S/C23H16FN3O5.C20H13FN4O5S.C18H13FN6O3/c1-31-19-12-14(24)9-10-18(19)32-22-20(26-16-7-2-3-8-17(16)27-22)21(28)25-15-6-4-5-13(11-15)23(29)30;1-29-15-8-10(21)6-7-14(15)30-18-16(22-11-4-2-3-5-12(11)23-18)17(26)25-20-24-13(9-31-20)19(27)28;1-27-14-8-10(19)6-7-13(14)28-17-15(16(26)24-18-20-9-21-25-18)22-11-4-2-3-5-12(11)23-17/h2-12H,1H3,(H,25,28)(H,29,30);2-9H,1H3,(H,27,28)(H,24,25,26);2-9H,1H3,(H2,20,21,24,25,26). The smallest absolute Gasteiger partial charge is 0.355 e. The van der Waals surface area contributed by atoms with E-state index in [1.54, 1.807) is 78.9 Å². The molecule has 30 heteroatoms. The zero-order valence-electron chi connectivity index (χ0n) is 47.0. The number of hydrogen-bond donors (Lipinski definition) is 6. The van der Waals surface area contributed by atoms with Gasteiger partial charge in [-0.25, -0.2) is 62.7 Å². The molecule has 3 amide bonds. The first-order chi connectivity index (χ1) is 44.0. The van der Waals surface area contributed by atoms with Crippen molar-refractivity contribution in [3.8, 4) is 52.1 Å². The first-order valence-electron chi connectivity index (χ1n) is 26.2. The Morgan fingerprint density at radius 3 is 1.23 bits per heavy atom. The van der Waals surface area contributed by atoms with Crippen molar-refractivity contribution in [3.05, 3.63) is 209 Å². The summed E-state index contributed by atoms with van der Waals surface area (Å²) in [6.07, 6.45) is 1.25. The minimum absolute atomic E-state index is 0.0138. The molecule has 0 unspecified atom stereocenters. The van der Waals surface area contributed by atoms with Crippen molar-refractivity contribution in [1.29, 1.82) is 0 Å². The number of nitrogens with zero attached hydrogens (tertiary/aromatic N) is 9. The van der Waals surface area contributed by atoms with E-state index in [4.69, 9.17) is 38.6 Å². The molecule has 26 nitrogen and oxygen atoms in total. The van der Waals surface area contributed by atoms with E-state index >= 15 is 0 Å². The molecular weight excluding hydrogens is 1210 g/mol. The molecule has 0 saturated carbocycles. The number of methoxy groups -OCH3 is 3. The molecular formula is C61H42F3N13O13S. The maximum Gasteiger partial charge on any atom is 0.355 e. The number of benzene rings is 7. The Morgan fingerprint density at radius 1 is 0.451 bits per heavy atom. The summed E-state index contributed by atoms with van der Waals surface area (Å²) >= 11 is 0.947. The van der Waals surface area contributed by atoms with Crippen molar-refractivity contribution in [1.82, 2.24) is 50.1 Å². The highest BCUT2D eigenvalue weighted by molar-refractivity contribution is 7.14. The molecule has 0 spiro atoms. The van der Waals surface area contributed by atoms with Gasteiger partial charge in [0.15, 0.2) is 62.4 Å². The molecule has 0 bridgehead atoms. The number of amides is 3. The van der Waals surface area contributed by atoms with Gasteiger partial charge in [0.25, 0.3) is 35.4 Å². The van der Waals surface area contributed by atoms with Crippen LogP contribution in [-0.2, 0) is 0 Å². The highest BCUT2D eigenvalue weighted by Gasteiger charge is 2.25. The number of halogens is 3. The van der Waals surface area contributed by atoms with Gasteiger partial charge in [-0.15, -0.1) is 11.3 Å². The number of H-pyrrole nitrogens is 1. The zero-order chi connectivity index (χ0) is 64.1. The lowest BCUT2D eigenvalue weighted by Crippen LogP contribution is -2.17. The molecule has 5 heterocycles. The summed E-state index contributed by atoms with van der Waals surface area (Å²) in [5.74, 6) is -5.22. The second kappa shape index (κ2) is 27.8. The molecule has 6 N–H and O–H groups in total. The van der Waals surface area contributed by atoms with Crippen LogP contribution in [-0.4, -0.2) is 111 Å². The predicted octanol–water partition coefficient (Wildman–Crippen LogP) is 11.4. The molecule has 456 valence electrons. The summed E-state index contributed by atoms with van der Waals surface area (Å²) in [5, 5.41) is 33.3. The Hall–Kier alpha value is -12.7. The van der Waals surface area contributed by atoms with Gasteiger partial charge < -0.3 is 44.0 Å². The van der Waals surface area contributed by atoms with Gasteiger partial charge in [-0.05, 0) is 91.0 Å². The average molecular weight is 1250 g/mol. The first-order valence-corrected chi connectivity index (χ1v) is 27.1. The fourth-order valence-electron chi connectivity index (χ4n) is 8.04. The Balaban J connectivity index is 0.000000150. The number of nitrogens with one attached hydrogen (secondary N) is 4. The van der Waals surface area contributed by atoms with Crippen LogP contribution in [0.3, 0.4) is 0 Å². The lowest BCUT2D eigenvalue weighted by atomic mass is 10.2. The number of carbonyl (C=O) groups is 5. The molecule has 0 aliphatic heterocycles. The third-order valence-electron chi connectivity index (χ3n) is 12.2. The lowest BCUT2D eigenvalue weighted by molar-refractivity contribution is 0.0683. The predicted molar refractivity (Wildman–Crippen MR) is 320 cm³/mol. The summed E-state index contributed by atoms with van der Waals surface area (Å²) < 4.78 is 73.3. The summed E-state index contributed by atoms with van der Waals surface area (Å²) in [7, 11) is 4.09. The normalized spacial score (nSPS) is 10.6. The quantitative estimate of drug-likeness (QED) is 0.0493. The van der Waals surface area contributed by atoms with Gasteiger partial charge in [0, 0.05) is 29.3 Å². The van der Waals surface area contributed by atoms with Crippen LogP contribution in [0.2, 0.25) is 0 Å². The van der Waals surface area contributed by atoms with Crippen LogP contribution in [0.15, 0.2) is 163 Å². The summed E-state index contributed by atoms with van der Waals surface area (Å²) in [6, 6.07) is 37.6. The summed E-state index contributed by atoms with van der Waals surface area (Å²) in [6.45, 7) is 0. The van der Waals surface area contributed by atoms with Gasteiger partial charge in [0.05, 0.1) is 60.0 Å². The fraction of sp³-hybridized carbons (Fsp3) is 0.0492. The van der Waals surface area contributed by atoms with Gasteiger partial charge in [-0.3, -0.25) is 25.0 Å². The minimum atomic E-state index is -1.21. The van der Waals surface area contributed by atoms with E-state index in [-0.39, 0.29) is 97.2 Å². The van der Waals surface area contributed by atoms with Crippen LogP contribution < -0.4 is 44.4 Å². The monoisotopic (exact) mass is 1250 g/mol. The number of para-hydroxylation sites is 6. The van der Waals surface area contributed by atoms with Crippen LogP contribution in [0.5, 0.6) is 52.1 Å². The largest absolute Gasteiger partial charge is 0.493 e. The Kier molecular flexibility index (Phi) is 18.7. The summed E-state index contributed by atoms with van der Waals surface area (Å²) in [5.41, 5.74) is 2.55. The Morgan fingerprint density at radius 2 is 0.857 bits per heavy atom. The van der Waals surface area contributed by atoms with Gasteiger partial charge >= 0.3 is 11.9 Å². The molecule has 12 rings (SSSR count). The van der Waals surface area contributed by atoms with Crippen molar-refractivity contribution in [2.75, 3.05) is 37.3 Å². The number of fused-ring (bicyclic) bond motifs is 3. The number of hydrogen-bond acceptors (Lipinski definition) is 21. The van der Waals surface area contributed by atoms with Crippen molar-refractivity contribution in [3.63, 3.8) is 0 Å². The topological polar surface area (TPSA) is 349 Å². The Bertz CT molecular complexity index is 4740. The Labute approximate surface area is 513 Å². The van der Waals surface area contributed by atoms with Gasteiger partial charge in [0.1, 0.15) is 23.8 Å². The highest BCUT2D eigenvalue weighted by atomic mass is 32.1. The molecule has 12 aromatic rings. The van der Waals surface area contributed by atoms with E-state index in [0.29, 0.717) is 33.1 Å². The van der Waals surface area contributed by atoms with E-state index in [9.17, 15) is 37.1 Å². The molecule has 5 aromatic heterocycles. The first kappa shape index (κ1) is 61.4. The molecule has 0 fully saturated rings. The van der Waals surface area contributed by atoms with Crippen LogP contribution in [0, 0.1) is 17.5 Å². The number of rotatable bonds is 17. The summed E-state index contributed by atoms with van der Waals surface area (Å²) in [4.78, 5) is 94.7. The molecule has 7 aromatic carbocycles. The molecule has 0 aliphatic rings. The number of aromatic carboxylic acids is 2. The number of aromatic nitrogens is 10. The third-order valence-corrected chi connectivity index (χ3v) is 13.0. The number of carboxylic acid groups (broad SMARTS) is 2. The zero-order valence-corrected chi connectivity index (χ0v) is 47.9. The van der Waals surface area contributed by atoms with Gasteiger partial charge in [-0.2, -0.15) is 10.1 Å². The van der Waals surface area contributed by atoms with E-state index in [0.717, 1.165) is 29.5 Å². The van der Waals surface area contributed by atoms with E-state index in [1.807, 2.05) is 0 Å². The number of anilines is 3. The minimum Gasteiger partial charge on any atom is -0.493 e. The van der Waals surface area contributed by atoms with E-state index in [1.165, 1.54) is 87.6 Å². The molecule has 0 saturated heterocycles. The number of aromatic amines is 1. The van der Waals surface area contributed by atoms with Crippen molar-refractivity contribution in [2.45, 2.75) is 0 Å². The number of carbonyl (C=O) groups excluding carboxylic acids is 3. The van der Waals surface area contributed by atoms with Crippen LogP contribution in [0.25, 0.3) is 33.1 Å². The average Bonchev–Trinajstić information content (AvgIpc) is 0.999. The van der Waals surface area contributed by atoms with E-state index in [2.05, 4.69) is 66.0 Å². The van der Waals surface area contributed by atoms with E-state index < -0.39 is 47.1 Å². The molecule has 0 aliphatic carbocycles. The van der Waals surface area contributed by atoms with Crippen molar-refractivity contribution >= 4 is 90.9 Å². The van der Waals surface area contributed by atoms with Crippen LogP contribution in [0.1, 0.15) is 52.3 Å². The van der Waals surface area contributed by atoms with Gasteiger partial charge in [-0.1, -0.05) is 42.5 Å². The SMILES string of the molecule is COc1cc(F)ccc1Oc1nc2ccccc2nc1C(=O)Nc1cccc(C(=O)O)c1.COc1cc(F)ccc1Oc1nc2ccccc2nc1C(=O)Nc1nc(C(=O)O)cs1.COc1cc(F)ccc1Oc1nc2ccccc2nc1C(=O)Nc1ncn[nH]1. The van der Waals surface area contributed by atoms with Gasteiger partial charge in [0.2, 0.25) is 5.95 Å². The maximum atomic E-state index is 13.6. The van der Waals surface area contributed by atoms with Crippen molar-refractivity contribution in [2.24, 2.45) is 0 Å². The maximum absolute atomic E-state index is 13.6. The van der Waals surface area contributed by atoms with Crippen molar-refractivity contribution < 1.29 is 75.8 Å². The number of ether oxygens (including phenoxy) is 6. The molecule has 0 atom stereocenters. The number of thiazole rings is 1. The second-order valence-corrected chi connectivity index (χ2v) is 19.1. The van der Waals surface area contributed by atoms with Crippen LogP contribution in [0.4, 0.5) is 29.9 Å². The second-order valence-electron chi connectivity index (χ2n) is 18.2.